The maximum Gasteiger partial charge on any atom is 0.242 e. The van der Waals surface area contributed by atoms with Crippen LogP contribution in [0.5, 0.6) is 46.0 Å². The van der Waals surface area contributed by atoms with Crippen molar-refractivity contribution >= 4 is 47.0 Å². The second kappa shape index (κ2) is 36.8. The third-order valence-electron chi connectivity index (χ3n) is 13.8. The van der Waals surface area contributed by atoms with Crippen LogP contribution in [0.3, 0.4) is 0 Å². The number of carbonyl (C=O) groups is 8. The molecule has 0 radical (unpaired) electrons. The van der Waals surface area contributed by atoms with Crippen LogP contribution in [-0.4, -0.2) is 139 Å². The number of ketones is 2. The molecule has 4 rings (SSSR count). The summed E-state index contributed by atoms with van der Waals surface area (Å²) < 4.78 is 5.49. The maximum absolute atomic E-state index is 14.3. The monoisotopic (exact) mass is 1170 g/mol. The Balaban J connectivity index is 1.37. The molecule has 0 bridgehead atoms. The van der Waals surface area contributed by atoms with Crippen LogP contribution in [0.15, 0.2) is 72.8 Å². The Morgan fingerprint density at radius 2 is 0.762 bits per heavy atom. The summed E-state index contributed by atoms with van der Waals surface area (Å²) in [6.07, 6.45) is 4.07. The molecule has 23 nitrogen and oxygen atoms in total. The molecule has 23 heteroatoms. The fourth-order valence-corrected chi connectivity index (χ4v) is 8.89. The number of nitrogens with one attached hydrogen (secondary N) is 6. The van der Waals surface area contributed by atoms with Crippen molar-refractivity contribution in [3.8, 4) is 46.0 Å². The van der Waals surface area contributed by atoms with Crippen LogP contribution in [0, 0.1) is 5.92 Å². The van der Waals surface area contributed by atoms with Gasteiger partial charge in [-0.05, 0) is 155 Å². The Bertz CT molecular complexity index is 2830. The summed E-state index contributed by atoms with van der Waals surface area (Å²) >= 11 is 0. The zero-order chi connectivity index (χ0) is 61.4. The summed E-state index contributed by atoms with van der Waals surface area (Å²) in [6, 6.07) is 15.0. The summed E-state index contributed by atoms with van der Waals surface area (Å²) in [5.74, 6) is -6.15. The van der Waals surface area contributed by atoms with Crippen LogP contribution in [0.25, 0.3) is 0 Å². The number of phenolic OH excluding ortho intramolecular Hbond substituents is 8. The number of ether oxygens (including phenoxy) is 1. The highest BCUT2D eigenvalue weighted by atomic mass is 16.5. The zero-order valence-corrected chi connectivity index (χ0v) is 47.6. The van der Waals surface area contributed by atoms with Crippen molar-refractivity contribution in [1.82, 2.24) is 31.9 Å². The first-order valence-electron chi connectivity index (χ1n) is 28.5. The largest absolute Gasteiger partial charge is 0.504 e. The molecule has 3 unspecified atom stereocenters. The van der Waals surface area contributed by atoms with E-state index in [1.807, 2.05) is 0 Å². The second-order valence-corrected chi connectivity index (χ2v) is 20.7. The number of aryl methyl sites for hydroxylation is 4. The SMILES string of the molecule is CC(=O)CCOCCNC(=O)C(CCCCNC(=O)C(CCCCNC(=O)CCc1ccc(O)c(O)c1)NC(=O)CCc1ccc(O)c(O)c1)CC(=O)C(CCCCNC(=O)CCc1ccc(O)c(O)c1)NC(=O)CCc1ccc(O)c(O)c1. The minimum Gasteiger partial charge on any atom is -0.504 e. The van der Waals surface area contributed by atoms with Crippen LogP contribution in [0.2, 0.25) is 0 Å². The predicted octanol–water partition coefficient (Wildman–Crippen LogP) is 4.68. The van der Waals surface area contributed by atoms with Crippen LogP contribution in [-0.2, 0) is 68.8 Å². The average Bonchev–Trinajstić information content (AvgIpc) is 3.54. The number of carbonyl (C=O) groups excluding carboxylic acids is 8. The van der Waals surface area contributed by atoms with Gasteiger partial charge in [0.15, 0.2) is 51.8 Å². The molecular weight excluding hydrogens is 1090 g/mol. The van der Waals surface area contributed by atoms with Gasteiger partial charge in [0.2, 0.25) is 35.4 Å². The number of amides is 6. The molecule has 0 aliphatic carbocycles. The first kappa shape index (κ1) is 67.9. The fourth-order valence-electron chi connectivity index (χ4n) is 8.89. The molecule has 0 heterocycles. The van der Waals surface area contributed by atoms with E-state index >= 15 is 0 Å². The molecule has 6 amide bonds. The van der Waals surface area contributed by atoms with Gasteiger partial charge in [-0.25, -0.2) is 0 Å². The molecule has 0 aliphatic heterocycles. The number of phenols is 8. The summed E-state index contributed by atoms with van der Waals surface area (Å²) in [7, 11) is 0. The van der Waals surface area contributed by atoms with Crippen molar-refractivity contribution < 1.29 is 83.9 Å². The van der Waals surface area contributed by atoms with E-state index in [-0.39, 0.29) is 174 Å². The first-order chi connectivity index (χ1) is 40.2. The first-order valence-corrected chi connectivity index (χ1v) is 28.5. The van der Waals surface area contributed by atoms with Gasteiger partial charge in [0, 0.05) is 70.6 Å². The minimum atomic E-state index is -1.03. The van der Waals surface area contributed by atoms with Crippen molar-refractivity contribution in [1.29, 1.82) is 0 Å². The number of Topliss-reactive ketones (excluding diaryl/α,β-unsaturated/α-hetero) is 2. The number of aromatic hydroxyl groups is 8. The van der Waals surface area contributed by atoms with Crippen molar-refractivity contribution in [3.63, 3.8) is 0 Å². The van der Waals surface area contributed by atoms with E-state index in [1.54, 1.807) is 24.3 Å². The standard InChI is InChI=1S/C61H82N6O17/c1-39(68)27-32-84-33-31-65-60(82)44(38-51(73)45(66-58(80)25-17-42-13-21-49(71)54(76)36-42)9-3-6-28-62-56(78)23-15-40-11-19-47(69)52(74)34-40)8-2-5-30-64-61(83)46(67-59(81)26-18-43-14-22-50(72)55(77)37-43)10-4-7-29-63-57(79)24-16-41-12-20-48(70)53(75)35-41/h11-14,19-22,34-37,44-46,69-72,74-77H,2-10,15-18,23-33,38H2,1H3,(H,62,78)(H,63,79)(H,64,83)(H,65,82)(H,66,80)(H,67,81). The van der Waals surface area contributed by atoms with E-state index in [2.05, 4.69) is 31.9 Å². The van der Waals surface area contributed by atoms with Gasteiger partial charge in [0.05, 0.1) is 19.3 Å². The fraction of sp³-hybridized carbons (Fsp3) is 0.475. The van der Waals surface area contributed by atoms with Crippen molar-refractivity contribution in [3.05, 3.63) is 95.1 Å². The van der Waals surface area contributed by atoms with Gasteiger partial charge in [-0.3, -0.25) is 38.4 Å². The molecule has 0 spiro atoms. The summed E-state index contributed by atoms with van der Waals surface area (Å²) in [4.78, 5) is 105. The molecule has 0 aromatic heterocycles. The number of hydrogen-bond acceptors (Lipinski definition) is 17. The van der Waals surface area contributed by atoms with Gasteiger partial charge >= 0.3 is 0 Å². The van der Waals surface area contributed by atoms with E-state index < -0.39 is 47.4 Å². The molecule has 84 heavy (non-hydrogen) atoms. The summed E-state index contributed by atoms with van der Waals surface area (Å²) in [5, 5.41) is 95.0. The van der Waals surface area contributed by atoms with E-state index in [0.717, 1.165) is 0 Å². The number of benzene rings is 4. The highest BCUT2D eigenvalue weighted by molar-refractivity contribution is 5.92. The van der Waals surface area contributed by atoms with Crippen LogP contribution < -0.4 is 31.9 Å². The number of rotatable bonds is 40. The molecule has 3 atom stereocenters. The van der Waals surface area contributed by atoms with Gasteiger partial charge in [-0.2, -0.15) is 0 Å². The van der Waals surface area contributed by atoms with Crippen molar-refractivity contribution in [2.75, 3.05) is 39.4 Å². The highest BCUT2D eigenvalue weighted by Crippen LogP contribution is 2.28. The molecule has 458 valence electrons. The lowest BCUT2D eigenvalue weighted by atomic mass is 9.91. The third-order valence-corrected chi connectivity index (χ3v) is 13.8. The minimum absolute atomic E-state index is 0.0405. The number of hydrogen-bond donors (Lipinski definition) is 14. The highest BCUT2D eigenvalue weighted by Gasteiger charge is 2.28. The van der Waals surface area contributed by atoms with E-state index in [0.29, 0.717) is 73.6 Å². The van der Waals surface area contributed by atoms with Gasteiger partial charge in [0.1, 0.15) is 11.8 Å². The molecule has 14 N–H and O–H groups in total. The van der Waals surface area contributed by atoms with Gasteiger partial charge in [-0.15, -0.1) is 0 Å². The van der Waals surface area contributed by atoms with E-state index in [1.165, 1.54) is 55.5 Å². The van der Waals surface area contributed by atoms with Gasteiger partial charge in [-0.1, -0.05) is 30.7 Å². The molecule has 0 fully saturated rings. The van der Waals surface area contributed by atoms with Gasteiger partial charge < -0.3 is 77.5 Å². The Hall–Kier alpha value is -8.60. The lowest BCUT2D eigenvalue weighted by molar-refractivity contribution is -0.132. The second-order valence-electron chi connectivity index (χ2n) is 20.7. The topological polar surface area (TPSA) is 380 Å². The molecular formula is C61H82N6O17. The summed E-state index contributed by atoms with van der Waals surface area (Å²) in [5.41, 5.74) is 2.46. The Labute approximate surface area is 488 Å². The normalized spacial score (nSPS) is 12.1. The third kappa shape index (κ3) is 26.5. The Morgan fingerprint density at radius 1 is 0.393 bits per heavy atom. The zero-order valence-electron chi connectivity index (χ0n) is 47.6. The Kier molecular flexibility index (Phi) is 29.7. The molecule has 4 aromatic rings. The lowest BCUT2D eigenvalue weighted by Crippen LogP contribution is -2.47. The average molecular weight is 1170 g/mol. The maximum atomic E-state index is 14.3. The van der Waals surface area contributed by atoms with Crippen LogP contribution >= 0.6 is 0 Å². The lowest BCUT2D eigenvalue weighted by Gasteiger charge is -2.22. The molecule has 0 aliphatic rings. The van der Waals surface area contributed by atoms with Gasteiger partial charge in [0.25, 0.3) is 0 Å². The van der Waals surface area contributed by atoms with Crippen molar-refractivity contribution in [2.45, 2.75) is 141 Å². The molecule has 0 saturated heterocycles. The number of unbranched alkanes of at least 4 members (excludes halogenated alkanes) is 3. The molecule has 0 saturated carbocycles. The van der Waals surface area contributed by atoms with E-state index in [4.69, 9.17) is 4.74 Å². The van der Waals surface area contributed by atoms with Crippen LogP contribution in [0.1, 0.15) is 125 Å². The van der Waals surface area contributed by atoms with Crippen LogP contribution in [0.4, 0.5) is 0 Å². The van der Waals surface area contributed by atoms with Crippen molar-refractivity contribution in [2.24, 2.45) is 5.92 Å². The summed E-state index contributed by atoms with van der Waals surface area (Å²) in [6.45, 7) is 2.45. The predicted molar refractivity (Wildman–Crippen MR) is 309 cm³/mol. The quantitative estimate of drug-likeness (QED) is 0.0212. The van der Waals surface area contributed by atoms with E-state index in [9.17, 15) is 79.2 Å². The Morgan fingerprint density at radius 3 is 1.18 bits per heavy atom. The smallest absolute Gasteiger partial charge is 0.242 e. The molecule has 4 aromatic carbocycles.